The van der Waals surface area contributed by atoms with Crippen LogP contribution < -0.4 is 0 Å². The molecule has 15 N–H and O–H groups in total. The van der Waals surface area contributed by atoms with Gasteiger partial charge in [0, 0.05) is 6.92 Å². The minimum absolute atomic E-state index is 0.0395. The third-order valence-electron chi connectivity index (χ3n) is 23.7. The quantitative estimate of drug-likeness (QED) is 0.0518. The van der Waals surface area contributed by atoms with Crippen LogP contribution in [-0.2, 0) is 71.3 Å². The van der Waals surface area contributed by atoms with Crippen LogP contribution in [0.25, 0.3) is 0 Å². The Bertz CT molecular complexity index is 2750. The number of ether oxygens (including phenoxy) is 11. The Labute approximate surface area is 531 Å². The van der Waals surface area contributed by atoms with Crippen LogP contribution in [0.2, 0.25) is 0 Å². The molecule has 0 amide bonds. The van der Waals surface area contributed by atoms with Gasteiger partial charge in [-0.3, -0.25) is 14.4 Å². The van der Waals surface area contributed by atoms with Gasteiger partial charge in [-0.25, -0.2) is 4.79 Å². The molecule has 10 rings (SSSR count). The van der Waals surface area contributed by atoms with Crippen LogP contribution in [0.15, 0.2) is 11.6 Å². The number of hydrogen-bond acceptors (Lipinski definition) is 28. The van der Waals surface area contributed by atoms with Gasteiger partial charge in [0.05, 0.1) is 42.0 Å². The van der Waals surface area contributed by atoms with Gasteiger partial charge >= 0.3 is 23.9 Å². The molecule has 30 nitrogen and oxygen atoms in total. The standard InChI is InChI=1S/C62H96O30/c1-21-32(66)35(69)40(74)50(82-21)88-45-39(73)38(72)44(49(77)78)87-53(45)91-48-28(64)19-58(8)29-13-12-26-27-18-57(6,7)16-17-62(27,31(65)20-60(26,10)59(29,9)15-14-30(58)61(48,11)55(79)80)56(81)92-54-47(90-52-42(76)37(71)34(68)23(3)84-52)46(43(24(4)85-54)86-25(5)63)89-51-41(75)36(70)33(67)22(2)83-51/h12,21-24,27-48,50-54,64-76H,13-20H2,1-11H3,(H,77,78)(H,79,80)/t21-,22-,23+,24+,27-,28-,29+,30+,31+,32-,33-,34-,35+,36+,37+,38-,39-,40+,41+,42+,43-,44-,45+,46-,47+,48-,50-,51-,52-,53-,54-,58+,59+,60+,61-,62+/m0/s1. The van der Waals surface area contributed by atoms with E-state index in [0.717, 1.165) is 12.5 Å². The first-order valence-corrected chi connectivity index (χ1v) is 32.0. The summed E-state index contributed by atoms with van der Waals surface area (Å²) >= 11 is 0. The molecule has 36 atom stereocenters. The van der Waals surface area contributed by atoms with Gasteiger partial charge in [0.25, 0.3) is 0 Å². The third-order valence-corrected chi connectivity index (χ3v) is 23.7. The Balaban J connectivity index is 0.978. The highest BCUT2D eigenvalue weighted by Crippen LogP contribution is 2.76. The van der Waals surface area contributed by atoms with Gasteiger partial charge in [0.2, 0.25) is 6.29 Å². The predicted octanol–water partition coefficient (Wildman–Crippen LogP) is -2.43. The second-order valence-corrected chi connectivity index (χ2v) is 29.7. The molecule has 5 saturated heterocycles. The van der Waals surface area contributed by atoms with Crippen molar-refractivity contribution in [2.24, 2.45) is 50.2 Å². The molecule has 0 radical (unpaired) electrons. The van der Waals surface area contributed by atoms with Gasteiger partial charge in [-0.2, -0.15) is 0 Å². The first kappa shape index (κ1) is 71.5. The molecule has 0 spiro atoms. The van der Waals surface area contributed by atoms with E-state index in [1.807, 2.05) is 33.8 Å². The number of aliphatic hydroxyl groups excluding tert-OH is 13. The van der Waals surface area contributed by atoms with E-state index in [1.165, 1.54) is 34.6 Å². The summed E-state index contributed by atoms with van der Waals surface area (Å²) in [6.45, 7) is 18.2. The number of rotatable bonds is 13. The summed E-state index contributed by atoms with van der Waals surface area (Å²) in [5.41, 5.74) is -6.19. The molecule has 5 aliphatic carbocycles. The van der Waals surface area contributed by atoms with Crippen molar-refractivity contribution in [2.45, 2.75) is 299 Å². The molecule has 0 aromatic rings. The molecule has 0 aromatic carbocycles. The second kappa shape index (κ2) is 25.5. The molecule has 0 bridgehead atoms. The van der Waals surface area contributed by atoms with E-state index in [9.17, 15) is 91.0 Å². The predicted molar refractivity (Wildman–Crippen MR) is 305 cm³/mol. The number of carboxylic acids is 2. The van der Waals surface area contributed by atoms with Crippen LogP contribution in [0.4, 0.5) is 0 Å². The lowest BCUT2D eigenvalue weighted by molar-refractivity contribution is -0.384. The largest absolute Gasteiger partial charge is 0.481 e. The van der Waals surface area contributed by atoms with Crippen molar-refractivity contribution in [1.82, 2.24) is 0 Å². The molecule has 92 heavy (non-hydrogen) atoms. The fraction of sp³-hybridized carbons (Fsp3) is 0.903. The Morgan fingerprint density at radius 3 is 1.52 bits per heavy atom. The zero-order chi connectivity index (χ0) is 67.9. The van der Waals surface area contributed by atoms with Gasteiger partial charge in [-0.15, -0.1) is 0 Å². The van der Waals surface area contributed by atoms with E-state index in [1.54, 1.807) is 0 Å². The lowest BCUT2D eigenvalue weighted by atomic mass is 9.33. The van der Waals surface area contributed by atoms with Crippen molar-refractivity contribution in [3.8, 4) is 0 Å². The summed E-state index contributed by atoms with van der Waals surface area (Å²) in [5.74, 6) is -6.97. The van der Waals surface area contributed by atoms with Crippen LogP contribution in [0.3, 0.4) is 0 Å². The van der Waals surface area contributed by atoms with Gasteiger partial charge in [0.1, 0.15) is 90.9 Å². The van der Waals surface area contributed by atoms with E-state index in [2.05, 4.69) is 6.92 Å². The summed E-state index contributed by atoms with van der Waals surface area (Å²) in [6.07, 6.45) is -45.0. The SMILES string of the molecule is CC(=O)O[C@@H]1[C@H](O[C@@H]2O[C@@H](C)[C@H](O)[C@@H](O)[C@H]2O)[C@@H](O[C@@H]2O[C@H](C)[C@H](O)[C@@H](O)[C@H]2O)[C@H](OC(=O)[C@]23CCC(C)(C)C[C@H]2C2=CC[C@@H]4[C@@]5(C)C[C@H](O)[C@H](O[C@@H]6O[C@H](C(=O)O)[C@@H](O)[C@H](O)[C@H]6O[C@@H]6O[C@@H](C)[C@H](O)[C@@H](O)[C@H]6O)[C@@](C)(C(=O)O)[C@@H]5CC[C@@]4(C)[C@]2(C)C[C@H]3O)O[C@@H]1C. The summed E-state index contributed by atoms with van der Waals surface area (Å²) in [6, 6.07) is 0. The lowest BCUT2D eigenvalue weighted by Gasteiger charge is -2.71. The number of hydrogen-bond donors (Lipinski definition) is 15. The van der Waals surface area contributed by atoms with E-state index in [-0.39, 0.29) is 32.1 Å². The zero-order valence-electron chi connectivity index (χ0n) is 53.5. The highest BCUT2D eigenvalue weighted by atomic mass is 16.8. The van der Waals surface area contributed by atoms with Crippen LogP contribution >= 0.6 is 0 Å². The molecular formula is C62H96O30. The molecule has 10 aliphatic rings. The fourth-order valence-electron chi connectivity index (χ4n) is 18.2. The maximum absolute atomic E-state index is 16.0. The van der Waals surface area contributed by atoms with Crippen molar-refractivity contribution < 1.29 is 148 Å². The van der Waals surface area contributed by atoms with E-state index in [0.29, 0.717) is 19.3 Å². The Hall–Kier alpha value is -3.26. The molecule has 0 aromatic heterocycles. The summed E-state index contributed by atoms with van der Waals surface area (Å²) in [5, 5.41) is 167. The average molecular weight is 1320 g/mol. The molecule has 0 unspecified atom stereocenters. The normalized spacial score (nSPS) is 54.2. The highest BCUT2D eigenvalue weighted by Gasteiger charge is 2.75. The third kappa shape index (κ3) is 11.6. The fourth-order valence-corrected chi connectivity index (χ4v) is 18.2. The van der Waals surface area contributed by atoms with Crippen molar-refractivity contribution in [3.63, 3.8) is 0 Å². The van der Waals surface area contributed by atoms with Crippen molar-refractivity contribution in [3.05, 3.63) is 11.6 Å². The molecule has 9 fully saturated rings. The molecule has 4 saturated carbocycles. The monoisotopic (exact) mass is 1320 g/mol. The van der Waals surface area contributed by atoms with Crippen LogP contribution in [0.1, 0.15) is 128 Å². The Kier molecular flexibility index (Phi) is 19.9. The molecule has 524 valence electrons. The van der Waals surface area contributed by atoms with Gasteiger partial charge in [-0.1, -0.05) is 46.3 Å². The Morgan fingerprint density at radius 1 is 0.500 bits per heavy atom. The molecule has 30 heteroatoms. The summed E-state index contributed by atoms with van der Waals surface area (Å²) in [7, 11) is 0. The molecular weight excluding hydrogens is 1220 g/mol. The minimum atomic E-state index is -2.18. The Morgan fingerprint density at radius 2 is 1.01 bits per heavy atom. The number of esters is 2. The zero-order valence-corrected chi connectivity index (χ0v) is 53.5. The van der Waals surface area contributed by atoms with E-state index in [4.69, 9.17) is 52.1 Å². The first-order chi connectivity index (χ1) is 42.7. The van der Waals surface area contributed by atoms with Crippen molar-refractivity contribution in [2.75, 3.05) is 0 Å². The number of allylic oxidation sites excluding steroid dienone is 2. The van der Waals surface area contributed by atoms with Gasteiger partial charge < -0.3 is 129 Å². The summed E-state index contributed by atoms with van der Waals surface area (Å²) < 4.78 is 66.7. The maximum Gasteiger partial charge on any atom is 0.335 e. The lowest BCUT2D eigenvalue weighted by Crippen LogP contribution is -2.71. The average Bonchev–Trinajstić information content (AvgIpc) is 0.670. The second-order valence-electron chi connectivity index (χ2n) is 29.7. The first-order valence-electron chi connectivity index (χ1n) is 32.0. The minimum Gasteiger partial charge on any atom is -0.481 e. The van der Waals surface area contributed by atoms with Gasteiger partial charge in [-0.05, 0) is 125 Å². The summed E-state index contributed by atoms with van der Waals surface area (Å²) in [4.78, 5) is 55.5. The number of carboxylic acid groups (broad SMARTS) is 2. The van der Waals surface area contributed by atoms with Crippen LogP contribution in [0, 0.1) is 50.2 Å². The number of carbonyl (C=O) groups is 4. The van der Waals surface area contributed by atoms with Crippen LogP contribution in [0.5, 0.6) is 0 Å². The van der Waals surface area contributed by atoms with Crippen molar-refractivity contribution in [1.29, 1.82) is 0 Å². The maximum atomic E-state index is 16.0. The number of aliphatic carboxylic acids is 2. The van der Waals surface area contributed by atoms with Crippen LogP contribution in [-0.4, -0.2) is 272 Å². The molecule has 5 aliphatic heterocycles. The van der Waals surface area contributed by atoms with E-state index < -0.39 is 246 Å². The highest BCUT2D eigenvalue weighted by molar-refractivity contribution is 5.80. The smallest absolute Gasteiger partial charge is 0.335 e. The topological polar surface area (TPSA) is 473 Å². The van der Waals surface area contributed by atoms with Gasteiger partial charge in [0.15, 0.2) is 43.5 Å². The number of fused-ring (bicyclic) bond motifs is 7. The molecule has 5 heterocycles. The van der Waals surface area contributed by atoms with Crippen molar-refractivity contribution >= 4 is 23.9 Å². The number of carbonyl (C=O) groups excluding carboxylic acids is 2. The van der Waals surface area contributed by atoms with E-state index >= 15 is 4.79 Å². The number of aliphatic hydroxyl groups is 13.